The van der Waals surface area contributed by atoms with Crippen molar-refractivity contribution in [2.75, 3.05) is 26.3 Å². The molecule has 2 aliphatic heterocycles. The fourth-order valence-corrected chi connectivity index (χ4v) is 3.03. The van der Waals surface area contributed by atoms with E-state index in [0.717, 1.165) is 29.1 Å². The van der Waals surface area contributed by atoms with Gasteiger partial charge in [0.2, 0.25) is 0 Å². The Hall–Kier alpha value is -0.740. The summed E-state index contributed by atoms with van der Waals surface area (Å²) < 4.78 is 12.5. The summed E-state index contributed by atoms with van der Waals surface area (Å²) in [7, 11) is 0. The van der Waals surface area contributed by atoms with E-state index in [1.807, 2.05) is 6.07 Å². The number of benzene rings is 1. The lowest BCUT2D eigenvalue weighted by molar-refractivity contribution is 0.169. The second kappa shape index (κ2) is 4.26. The highest BCUT2D eigenvalue weighted by Gasteiger charge is 2.26. The molecular formula is C12H14BrNO2. The zero-order valence-electron chi connectivity index (χ0n) is 8.96. The SMILES string of the molecule is Brc1ccc2c(c1C1CCNC1)OCCO2. The van der Waals surface area contributed by atoms with Crippen LogP contribution >= 0.6 is 15.9 Å². The Labute approximate surface area is 103 Å². The molecule has 2 aliphatic rings. The van der Waals surface area contributed by atoms with Crippen LogP contribution in [0.15, 0.2) is 16.6 Å². The van der Waals surface area contributed by atoms with Crippen LogP contribution < -0.4 is 14.8 Å². The first-order chi connectivity index (χ1) is 7.86. The van der Waals surface area contributed by atoms with Gasteiger partial charge in [-0.15, -0.1) is 0 Å². The summed E-state index contributed by atoms with van der Waals surface area (Å²) in [5, 5.41) is 3.39. The fraction of sp³-hybridized carbons (Fsp3) is 0.500. The van der Waals surface area contributed by atoms with Crippen molar-refractivity contribution >= 4 is 15.9 Å². The number of nitrogens with one attached hydrogen (secondary N) is 1. The smallest absolute Gasteiger partial charge is 0.165 e. The van der Waals surface area contributed by atoms with Gasteiger partial charge in [0.05, 0.1) is 0 Å². The molecule has 0 amide bonds. The molecule has 0 spiro atoms. The van der Waals surface area contributed by atoms with Crippen LogP contribution in [0.1, 0.15) is 17.9 Å². The maximum absolute atomic E-state index is 5.77. The average molecular weight is 284 g/mol. The lowest BCUT2D eigenvalue weighted by Gasteiger charge is -2.24. The van der Waals surface area contributed by atoms with Crippen LogP contribution in [0, 0.1) is 0 Å². The molecule has 3 rings (SSSR count). The quantitative estimate of drug-likeness (QED) is 0.858. The van der Waals surface area contributed by atoms with E-state index in [2.05, 4.69) is 27.3 Å². The van der Waals surface area contributed by atoms with Gasteiger partial charge in [0.1, 0.15) is 13.2 Å². The van der Waals surface area contributed by atoms with Gasteiger partial charge in [-0.05, 0) is 25.1 Å². The Morgan fingerprint density at radius 2 is 2.12 bits per heavy atom. The van der Waals surface area contributed by atoms with Crippen LogP contribution in [0.3, 0.4) is 0 Å². The Bertz CT molecular complexity index is 402. The summed E-state index contributed by atoms with van der Waals surface area (Å²) in [6.45, 7) is 3.41. The van der Waals surface area contributed by atoms with Crippen molar-refractivity contribution in [1.82, 2.24) is 5.32 Å². The summed E-state index contributed by atoms with van der Waals surface area (Å²) in [5.74, 6) is 2.36. The second-order valence-corrected chi connectivity index (χ2v) is 5.03. The standard InChI is InChI=1S/C12H14BrNO2/c13-9-1-2-10-12(16-6-5-15-10)11(9)8-3-4-14-7-8/h1-2,8,14H,3-7H2. The van der Waals surface area contributed by atoms with E-state index in [1.54, 1.807) is 0 Å². The van der Waals surface area contributed by atoms with E-state index in [9.17, 15) is 0 Å². The first-order valence-corrected chi connectivity index (χ1v) is 6.44. The molecule has 1 N–H and O–H groups in total. The highest BCUT2D eigenvalue weighted by molar-refractivity contribution is 9.10. The number of hydrogen-bond acceptors (Lipinski definition) is 3. The first kappa shape index (κ1) is 10.4. The lowest BCUT2D eigenvalue weighted by Crippen LogP contribution is -2.18. The number of hydrogen-bond donors (Lipinski definition) is 1. The number of halogens is 1. The van der Waals surface area contributed by atoms with Gasteiger partial charge < -0.3 is 14.8 Å². The van der Waals surface area contributed by atoms with E-state index in [0.29, 0.717) is 19.1 Å². The van der Waals surface area contributed by atoms with Crippen molar-refractivity contribution in [2.24, 2.45) is 0 Å². The zero-order valence-corrected chi connectivity index (χ0v) is 10.5. The number of rotatable bonds is 1. The van der Waals surface area contributed by atoms with Crippen LogP contribution in [-0.2, 0) is 0 Å². The van der Waals surface area contributed by atoms with Gasteiger partial charge in [-0.1, -0.05) is 15.9 Å². The topological polar surface area (TPSA) is 30.5 Å². The van der Waals surface area contributed by atoms with Gasteiger partial charge in [-0.25, -0.2) is 0 Å². The predicted molar refractivity (Wildman–Crippen MR) is 65.4 cm³/mol. The van der Waals surface area contributed by atoms with Crippen LogP contribution in [0.4, 0.5) is 0 Å². The molecule has 4 heteroatoms. The Morgan fingerprint density at radius 1 is 1.25 bits per heavy atom. The summed E-state index contributed by atoms with van der Waals surface area (Å²) >= 11 is 3.62. The van der Waals surface area contributed by atoms with Gasteiger partial charge in [0, 0.05) is 22.5 Å². The van der Waals surface area contributed by atoms with Gasteiger partial charge in [-0.2, -0.15) is 0 Å². The first-order valence-electron chi connectivity index (χ1n) is 5.65. The molecule has 1 aromatic carbocycles. The molecule has 86 valence electrons. The van der Waals surface area contributed by atoms with Crippen LogP contribution in [0.2, 0.25) is 0 Å². The molecule has 1 unspecified atom stereocenters. The molecule has 1 fully saturated rings. The van der Waals surface area contributed by atoms with Crippen LogP contribution in [0.5, 0.6) is 11.5 Å². The van der Waals surface area contributed by atoms with Crippen molar-refractivity contribution in [3.63, 3.8) is 0 Å². The molecule has 3 nitrogen and oxygen atoms in total. The maximum Gasteiger partial charge on any atom is 0.165 e. The van der Waals surface area contributed by atoms with E-state index in [-0.39, 0.29) is 0 Å². The molecule has 2 heterocycles. The van der Waals surface area contributed by atoms with E-state index < -0.39 is 0 Å². The summed E-state index contributed by atoms with van der Waals surface area (Å²) in [5.41, 5.74) is 1.27. The number of ether oxygens (including phenoxy) is 2. The minimum absolute atomic E-state index is 0.533. The van der Waals surface area contributed by atoms with Gasteiger partial charge >= 0.3 is 0 Å². The molecule has 1 atom stereocenters. The minimum Gasteiger partial charge on any atom is -0.486 e. The maximum atomic E-state index is 5.77. The third-order valence-corrected chi connectivity index (χ3v) is 3.85. The van der Waals surface area contributed by atoms with Crippen molar-refractivity contribution in [2.45, 2.75) is 12.3 Å². The van der Waals surface area contributed by atoms with E-state index in [1.165, 1.54) is 12.0 Å². The molecule has 0 bridgehead atoms. The molecule has 0 radical (unpaired) electrons. The molecule has 1 aromatic rings. The summed E-state index contributed by atoms with van der Waals surface area (Å²) in [6.07, 6.45) is 1.17. The summed E-state index contributed by atoms with van der Waals surface area (Å²) in [6, 6.07) is 4.03. The second-order valence-electron chi connectivity index (χ2n) is 4.17. The van der Waals surface area contributed by atoms with Gasteiger partial charge in [-0.3, -0.25) is 0 Å². The third kappa shape index (κ3) is 1.70. The monoisotopic (exact) mass is 283 g/mol. The van der Waals surface area contributed by atoms with Gasteiger partial charge in [0.15, 0.2) is 11.5 Å². The number of fused-ring (bicyclic) bond motifs is 1. The van der Waals surface area contributed by atoms with Crippen LogP contribution in [-0.4, -0.2) is 26.3 Å². The van der Waals surface area contributed by atoms with Crippen LogP contribution in [0.25, 0.3) is 0 Å². The van der Waals surface area contributed by atoms with Crippen molar-refractivity contribution in [1.29, 1.82) is 0 Å². The normalized spacial score (nSPS) is 23.4. The average Bonchev–Trinajstić information content (AvgIpc) is 2.82. The Kier molecular flexibility index (Phi) is 2.77. The molecule has 0 saturated carbocycles. The highest BCUT2D eigenvalue weighted by atomic mass is 79.9. The molecule has 16 heavy (non-hydrogen) atoms. The van der Waals surface area contributed by atoms with E-state index >= 15 is 0 Å². The van der Waals surface area contributed by atoms with Crippen molar-refractivity contribution in [3.05, 3.63) is 22.2 Å². The Balaban J connectivity index is 2.06. The van der Waals surface area contributed by atoms with E-state index in [4.69, 9.17) is 9.47 Å². The largest absolute Gasteiger partial charge is 0.486 e. The molecule has 0 aromatic heterocycles. The molecule has 1 saturated heterocycles. The molecule has 0 aliphatic carbocycles. The highest BCUT2D eigenvalue weighted by Crippen LogP contribution is 2.43. The third-order valence-electron chi connectivity index (χ3n) is 3.16. The van der Waals surface area contributed by atoms with Gasteiger partial charge in [0.25, 0.3) is 0 Å². The lowest BCUT2D eigenvalue weighted by atomic mass is 9.97. The Morgan fingerprint density at radius 3 is 2.94 bits per heavy atom. The van der Waals surface area contributed by atoms with Crippen molar-refractivity contribution in [3.8, 4) is 11.5 Å². The predicted octanol–water partition coefficient (Wildman–Crippen LogP) is 2.30. The molecular weight excluding hydrogens is 270 g/mol. The zero-order chi connectivity index (χ0) is 11.0. The fourth-order valence-electron chi connectivity index (χ4n) is 2.39. The minimum atomic E-state index is 0.533. The summed E-state index contributed by atoms with van der Waals surface area (Å²) in [4.78, 5) is 0. The van der Waals surface area contributed by atoms with Crippen molar-refractivity contribution < 1.29 is 9.47 Å².